The Bertz CT molecular complexity index is 482. The summed E-state index contributed by atoms with van der Waals surface area (Å²) in [5, 5.41) is 6.51. The van der Waals surface area contributed by atoms with E-state index in [4.69, 9.17) is 0 Å². The molecule has 1 aromatic carbocycles. The Morgan fingerprint density at radius 2 is 2.10 bits per heavy atom. The monoisotopic (exact) mass is 274 g/mol. The smallest absolute Gasteiger partial charge is 0.228 e. The number of rotatable bonds is 3. The van der Waals surface area contributed by atoms with Gasteiger partial charge < -0.3 is 10.6 Å². The molecule has 1 amide bonds. The minimum atomic E-state index is 0.0818. The third-order valence-corrected chi connectivity index (χ3v) is 4.12. The third kappa shape index (κ3) is 3.40. The summed E-state index contributed by atoms with van der Waals surface area (Å²) in [4.78, 5) is 12.5. The van der Waals surface area contributed by atoms with Gasteiger partial charge in [-0.3, -0.25) is 4.79 Å². The highest BCUT2D eigenvalue weighted by Gasteiger charge is 2.25. The topological polar surface area (TPSA) is 41.1 Å². The average Bonchev–Trinajstić information content (AvgIpc) is 2.40. The maximum Gasteiger partial charge on any atom is 0.228 e. The van der Waals surface area contributed by atoms with Crippen molar-refractivity contribution >= 4 is 11.6 Å². The predicted molar refractivity (Wildman–Crippen MR) is 84.0 cm³/mol. The second-order valence-electron chi connectivity index (χ2n) is 6.38. The highest BCUT2D eigenvalue weighted by atomic mass is 16.1. The van der Waals surface area contributed by atoms with Crippen molar-refractivity contribution < 1.29 is 4.79 Å². The number of benzene rings is 1. The van der Waals surface area contributed by atoms with Gasteiger partial charge in [-0.15, -0.1) is 0 Å². The molecule has 110 valence electrons. The Morgan fingerprint density at radius 3 is 2.75 bits per heavy atom. The fraction of sp³-hybridized carbons (Fsp3) is 0.588. The highest BCUT2D eigenvalue weighted by molar-refractivity contribution is 5.94. The molecule has 0 radical (unpaired) electrons. The van der Waals surface area contributed by atoms with Crippen LogP contribution in [0.1, 0.15) is 44.2 Å². The van der Waals surface area contributed by atoms with E-state index in [2.05, 4.69) is 56.5 Å². The van der Waals surface area contributed by atoms with Crippen LogP contribution in [0, 0.1) is 18.8 Å². The van der Waals surface area contributed by atoms with Crippen LogP contribution in [-0.2, 0) is 4.79 Å². The quantitative estimate of drug-likeness (QED) is 0.888. The first-order valence-corrected chi connectivity index (χ1v) is 7.60. The Hall–Kier alpha value is -1.35. The third-order valence-electron chi connectivity index (χ3n) is 4.12. The number of anilines is 1. The van der Waals surface area contributed by atoms with Crippen molar-refractivity contribution in [2.24, 2.45) is 11.8 Å². The summed E-state index contributed by atoms with van der Waals surface area (Å²) in [7, 11) is 0. The molecule has 0 spiro atoms. The average molecular weight is 274 g/mol. The first kappa shape index (κ1) is 15.0. The molecule has 0 aromatic heterocycles. The highest BCUT2D eigenvalue weighted by Crippen LogP contribution is 2.28. The van der Waals surface area contributed by atoms with Crippen LogP contribution in [-0.4, -0.2) is 19.0 Å². The van der Waals surface area contributed by atoms with Crippen LogP contribution in [0.5, 0.6) is 0 Å². The Balaban J connectivity index is 2.15. The number of piperidine rings is 1. The van der Waals surface area contributed by atoms with Gasteiger partial charge in [0.05, 0.1) is 5.92 Å². The fourth-order valence-electron chi connectivity index (χ4n) is 2.92. The summed E-state index contributed by atoms with van der Waals surface area (Å²) >= 11 is 0. The van der Waals surface area contributed by atoms with Crippen molar-refractivity contribution in [2.45, 2.75) is 40.0 Å². The minimum absolute atomic E-state index is 0.0818. The van der Waals surface area contributed by atoms with E-state index in [1.807, 2.05) is 0 Å². The van der Waals surface area contributed by atoms with Crippen LogP contribution in [0.25, 0.3) is 0 Å². The second-order valence-corrected chi connectivity index (χ2v) is 6.38. The largest absolute Gasteiger partial charge is 0.325 e. The van der Waals surface area contributed by atoms with Crippen LogP contribution in [0.3, 0.4) is 0 Å². The van der Waals surface area contributed by atoms with Crippen molar-refractivity contribution in [3.05, 3.63) is 29.3 Å². The lowest BCUT2D eigenvalue weighted by Crippen LogP contribution is -2.41. The fourth-order valence-corrected chi connectivity index (χ4v) is 2.92. The second kappa shape index (κ2) is 6.40. The molecule has 1 fully saturated rings. The number of carbonyl (C=O) groups is 1. The molecule has 2 rings (SSSR count). The van der Waals surface area contributed by atoms with Gasteiger partial charge in [0, 0.05) is 12.2 Å². The normalized spacial score (nSPS) is 22.9. The zero-order valence-electron chi connectivity index (χ0n) is 13.0. The van der Waals surface area contributed by atoms with E-state index < -0.39 is 0 Å². The lowest BCUT2D eigenvalue weighted by Gasteiger charge is -2.27. The lowest BCUT2D eigenvalue weighted by atomic mass is 9.90. The maximum atomic E-state index is 12.5. The molecule has 20 heavy (non-hydrogen) atoms. The van der Waals surface area contributed by atoms with Gasteiger partial charge in [-0.1, -0.05) is 39.0 Å². The molecule has 1 saturated heterocycles. The summed E-state index contributed by atoms with van der Waals surface area (Å²) in [6, 6.07) is 6.23. The van der Waals surface area contributed by atoms with Crippen LogP contribution in [0.2, 0.25) is 0 Å². The zero-order chi connectivity index (χ0) is 14.7. The lowest BCUT2D eigenvalue weighted by molar-refractivity contribution is -0.120. The van der Waals surface area contributed by atoms with Gasteiger partial charge in [0.2, 0.25) is 5.91 Å². The van der Waals surface area contributed by atoms with E-state index in [0.717, 1.165) is 30.8 Å². The van der Waals surface area contributed by atoms with E-state index in [0.29, 0.717) is 11.8 Å². The van der Waals surface area contributed by atoms with Gasteiger partial charge in [-0.05, 0) is 42.9 Å². The number of amides is 1. The van der Waals surface area contributed by atoms with Gasteiger partial charge in [0.15, 0.2) is 0 Å². The van der Waals surface area contributed by atoms with Gasteiger partial charge in [0.1, 0.15) is 0 Å². The predicted octanol–water partition coefficient (Wildman–Crippen LogP) is 3.30. The molecule has 2 atom stereocenters. The summed E-state index contributed by atoms with van der Waals surface area (Å²) in [5.74, 6) is 1.22. The summed E-state index contributed by atoms with van der Waals surface area (Å²) < 4.78 is 0. The van der Waals surface area contributed by atoms with E-state index >= 15 is 0 Å². The Kier molecular flexibility index (Phi) is 4.81. The van der Waals surface area contributed by atoms with Crippen LogP contribution < -0.4 is 10.6 Å². The van der Waals surface area contributed by atoms with Crippen LogP contribution in [0.15, 0.2) is 18.2 Å². The summed E-state index contributed by atoms with van der Waals surface area (Å²) in [5.41, 5.74) is 3.36. The molecule has 0 aliphatic carbocycles. The van der Waals surface area contributed by atoms with Crippen molar-refractivity contribution in [1.82, 2.24) is 5.32 Å². The molecular weight excluding hydrogens is 248 g/mol. The number of hydrogen-bond acceptors (Lipinski definition) is 2. The number of para-hydroxylation sites is 1. The van der Waals surface area contributed by atoms with Crippen molar-refractivity contribution in [3.63, 3.8) is 0 Å². The van der Waals surface area contributed by atoms with Crippen molar-refractivity contribution in [3.8, 4) is 0 Å². The SMILES string of the molecule is Cc1cccc(C(C)C)c1NC(=O)C1CNCC(C)C1. The van der Waals surface area contributed by atoms with Gasteiger partial charge in [-0.25, -0.2) is 0 Å². The van der Waals surface area contributed by atoms with E-state index in [-0.39, 0.29) is 11.8 Å². The molecule has 1 heterocycles. The maximum absolute atomic E-state index is 12.5. The molecule has 1 aromatic rings. The molecule has 1 aliphatic rings. The molecule has 0 bridgehead atoms. The van der Waals surface area contributed by atoms with Gasteiger partial charge in [-0.2, -0.15) is 0 Å². The molecule has 1 aliphatic heterocycles. The van der Waals surface area contributed by atoms with E-state index in [1.54, 1.807) is 0 Å². The standard InChI is InChI=1S/C17H26N2O/c1-11(2)15-7-5-6-13(4)16(15)19-17(20)14-8-12(3)9-18-10-14/h5-7,11-12,14,18H,8-10H2,1-4H3,(H,19,20). The Labute approximate surface area is 122 Å². The minimum Gasteiger partial charge on any atom is -0.325 e. The summed E-state index contributed by atoms with van der Waals surface area (Å²) in [6.45, 7) is 10.4. The number of nitrogens with one attached hydrogen (secondary N) is 2. The van der Waals surface area contributed by atoms with Gasteiger partial charge >= 0.3 is 0 Å². The van der Waals surface area contributed by atoms with Crippen molar-refractivity contribution in [2.75, 3.05) is 18.4 Å². The zero-order valence-corrected chi connectivity index (χ0v) is 13.0. The molecular formula is C17H26N2O. The Morgan fingerprint density at radius 1 is 1.35 bits per heavy atom. The number of carbonyl (C=O) groups excluding carboxylic acids is 1. The molecule has 2 N–H and O–H groups in total. The summed E-state index contributed by atoms with van der Waals surface area (Å²) in [6.07, 6.45) is 0.974. The van der Waals surface area contributed by atoms with E-state index in [1.165, 1.54) is 5.56 Å². The van der Waals surface area contributed by atoms with Crippen LogP contribution in [0.4, 0.5) is 5.69 Å². The molecule has 3 heteroatoms. The molecule has 0 saturated carbocycles. The molecule has 2 unspecified atom stereocenters. The number of aryl methyl sites for hydroxylation is 1. The van der Waals surface area contributed by atoms with Gasteiger partial charge in [0.25, 0.3) is 0 Å². The first-order valence-electron chi connectivity index (χ1n) is 7.60. The van der Waals surface area contributed by atoms with E-state index in [9.17, 15) is 4.79 Å². The first-order chi connectivity index (χ1) is 9.49. The number of hydrogen-bond donors (Lipinski definition) is 2. The van der Waals surface area contributed by atoms with Crippen molar-refractivity contribution in [1.29, 1.82) is 0 Å². The molecule has 3 nitrogen and oxygen atoms in total. The van der Waals surface area contributed by atoms with Crippen LogP contribution >= 0.6 is 0 Å².